The Balaban J connectivity index is 0.00000240. The molecule has 4 rings (SSSR count). The van der Waals surface area contributed by atoms with Crippen LogP contribution < -0.4 is 10.6 Å². The maximum absolute atomic E-state index is 13.2. The number of pyridine rings is 1. The monoisotopic (exact) mass is 419 g/mol. The van der Waals surface area contributed by atoms with E-state index in [2.05, 4.69) is 25.7 Å². The first-order valence-electron chi connectivity index (χ1n) is 9.36. The molecule has 0 unspecified atom stereocenters. The smallest absolute Gasteiger partial charge is 0.259 e. The van der Waals surface area contributed by atoms with E-state index in [9.17, 15) is 9.18 Å². The zero-order chi connectivity index (χ0) is 19.5. The van der Waals surface area contributed by atoms with Gasteiger partial charge in [-0.15, -0.1) is 12.4 Å². The van der Waals surface area contributed by atoms with Crippen molar-refractivity contribution in [2.45, 2.75) is 6.92 Å². The first kappa shape index (κ1) is 21.2. The lowest BCUT2D eigenvalue weighted by Gasteiger charge is -2.27. The molecule has 0 spiro atoms. The van der Waals surface area contributed by atoms with Gasteiger partial charge in [-0.25, -0.2) is 9.37 Å². The summed E-state index contributed by atoms with van der Waals surface area (Å²) in [5.74, 6) is -0.525. The van der Waals surface area contributed by atoms with Crippen LogP contribution >= 0.6 is 12.4 Å². The number of amides is 1. The van der Waals surface area contributed by atoms with Crippen molar-refractivity contribution in [3.8, 4) is 11.3 Å². The number of carbonyl (C=O) groups is 1. The van der Waals surface area contributed by atoms with E-state index in [0.717, 1.165) is 32.7 Å². The molecule has 1 saturated heterocycles. The fourth-order valence-electron chi connectivity index (χ4n) is 3.40. The van der Waals surface area contributed by atoms with Crippen LogP contribution in [0, 0.1) is 12.7 Å². The van der Waals surface area contributed by atoms with Crippen LogP contribution in [0.3, 0.4) is 0 Å². The minimum Gasteiger partial charge on any atom is -0.351 e. The summed E-state index contributed by atoms with van der Waals surface area (Å²) in [7, 11) is 0. The Kier molecular flexibility index (Phi) is 6.79. The lowest BCUT2D eigenvalue weighted by molar-refractivity contribution is 0.0949. The standard InChI is InChI=1S/C20H22FN5O2.ClH/c1-13-18-16(19(27)23-8-11-26-9-6-22-7-10-26)12-17(24-20(18)28-25-13)14-2-4-15(21)5-3-14;/h2-5,12,22H,6-11H2,1H3,(H,23,27);1H. The van der Waals surface area contributed by atoms with Gasteiger partial charge >= 0.3 is 0 Å². The molecule has 0 aliphatic carbocycles. The van der Waals surface area contributed by atoms with Crippen molar-refractivity contribution in [2.24, 2.45) is 0 Å². The number of hydrogen-bond donors (Lipinski definition) is 2. The summed E-state index contributed by atoms with van der Waals surface area (Å²) in [6, 6.07) is 7.68. The van der Waals surface area contributed by atoms with Gasteiger partial charge in [-0.1, -0.05) is 5.16 Å². The van der Waals surface area contributed by atoms with Crippen LogP contribution in [0.2, 0.25) is 0 Å². The first-order valence-corrected chi connectivity index (χ1v) is 9.36. The number of hydrogen-bond acceptors (Lipinski definition) is 6. The average Bonchev–Trinajstić information content (AvgIpc) is 3.09. The lowest BCUT2D eigenvalue weighted by atomic mass is 10.1. The molecule has 154 valence electrons. The summed E-state index contributed by atoms with van der Waals surface area (Å²) in [5.41, 5.74) is 2.61. The molecule has 1 aliphatic rings. The fourth-order valence-corrected chi connectivity index (χ4v) is 3.40. The predicted molar refractivity (Wildman–Crippen MR) is 111 cm³/mol. The van der Waals surface area contributed by atoms with E-state index in [4.69, 9.17) is 4.52 Å². The SMILES string of the molecule is Cc1noc2nc(-c3ccc(F)cc3)cc(C(=O)NCCN3CCNCC3)c12.Cl. The van der Waals surface area contributed by atoms with Crippen LogP contribution in [0.5, 0.6) is 0 Å². The van der Waals surface area contributed by atoms with Gasteiger partial charge in [0.05, 0.1) is 22.3 Å². The Bertz CT molecular complexity index is 986. The highest BCUT2D eigenvalue weighted by molar-refractivity contribution is 6.07. The molecule has 3 heterocycles. The summed E-state index contributed by atoms with van der Waals surface area (Å²) < 4.78 is 18.5. The number of fused-ring (bicyclic) bond motifs is 1. The van der Waals surface area contributed by atoms with Crippen LogP contribution in [-0.4, -0.2) is 60.2 Å². The number of nitrogens with one attached hydrogen (secondary N) is 2. The van der Waals surface area contributed by atoms with Gasteiger partial charge in [0, 0.05) is 44.8 Å². The van der Waals surface area contributed by atoms with Crippen LogP contribution in [-0.2, 0) is 0 Å². The highest BCUT2D eigenvalue weighted by atomic mass is 35.5. The van der Waals surface area contributed by atoms with Gasteiger partial charge in [0.1, 0.15) is 5.82 Å². The third kappa shape index (κ3) is 4.72. The van der Waals surface area contributed by atoms with Gasteiger partial charge < -0.3 is 15.2 Å². The summed E-state index contributed by atoms with van der Waals surface area (Å²) in [6.45, 7) is 7.04. The molecule has 2 N–H and O–H groups in total. The van der Waals surface area contributed by atoms with Crippen molar-refractivity contribution >= 4 is 29.4 Å². The van der Waals surface area contributed by atoms with Crippen LogP contribution in [0.1, 0.15) is 16.1 Å². The molecular weight excluding hydrogens is 397 g/mol. The molecule has 0 atom stereocenters. The van der Waals surface area contributed by atoms with E-state index < -0.39 is 0 Å². The number of aryl methyl sites for hydroxylation is 1. The number of piperazine rings is 1. The topological polar surface area (TPSA) is 83.3 Å². The van der Waals surface area contributed by atoms with E-state index in [1.807, 2.05) is 0 Å². The molecule has 7 nitrogen and oxygen atoms in total. The molecule has 0 radical (unpaired) electrons. The molecule has 1 amide bonds. The maximum atomic E-state index is 13.2. The molecule has 3 aromatic rings. The van der Waals surface area contributed by atoms with E-state index in [0.29, 0.717) is 40.2 Å². The number of carbonyl (C=O) groups excluding carboxylic acids is 1. The molecule has 1 fully saturated rings. The first-order chi connectivity index (χ1) is 13.6. The van der Waals surface area contributed by atoms with E-state index in [1.165, 1.54) is 12.1 Å². The van der Waals surface area contributed by atoms with Gasteiger partial charge in [-0.2, -0.15) is 0 Å². The summed E-state index contributed by atoms with van der Waals surface area (Å²) >= 11 is 0. The minimum atomic E-state index is -0.328. The van der Waals surface area contributed by atoms with Gasteiger partial charge in [0.25, 0.3) is 11.6 Å². The van der Waals surface area contributed by atoms with Crippen molar-refractivity contribution in [1.82, 2.24) is 25.7 Å². The third-order valence-corrected chi connectivity index (χ3v) is 4.92. The summed E-state index contributed by atoms with van der Waals surface area (Å²) in [6.07, 6.45) is 0. The van der Waals surface area contributed by atoms with Crippen molar-refractivity contribution in [3.05, 3.63) is 47.4 Å². The van der Waals surface area contributed by atoms with Crippen LogP contribution in [0.4, 0.5) is 4.39 Å². The zero-order valence-electron chi connectivity index (χ0n) is 16.1. The zero-order valence-corrected chi connectivity index (χ0v) is 16.9. The fraction of sp³-hybridized carbons (Fsp3) is 0.350. The molecule has 1 aromatic carbocycles. The average molecular weight is 420 g/mol. The Morgan fingerprint density at radius 1 is 1.28 bits per heavy atom. The van der Waals surface area contributed by atoms with E-state index in [-0.39, 0.29) is 24.1 Å². The summed E-state index contributed by atoms with van der Waals surface area (Å²) in [5, 5.41) is 10.8. The Morgan fingerprint density at radius 2 is 2.00 bits per heavy atom. The lowest BCUT2D eigenvalue weighted by Crippen LogP contribution is -2.46. The minimum absolute atomic E-state index is 0. The third-order valence-electron chi connectivity index (χ3n) is 4.92. The Labute approximate surface area is 174 Å². The van der Waals surface area contributed by atoms with Crippen LogP contribution in [0.25, 0.3) is 22.4 Å². The number of halogens is 2. The van der Waals surface area contributed by atoms with Crippen LogP contribution in [0.15, 0.2) is 34.9 Å². The van der Waals surface area contributed by atoms with Gasteiger partial charge in [-0.05, 0) is 37.3 Å². The van der Waals surface area contributed by atoms with E-state index >= 15 is 0 Å². The second-order valence-corrected chi connectivity index (χ2v) is 6.86. The van der Waals surface area contributed by atoms with Crippen molar-refractivity contribution in [2.75, 3.05) is 39.3 Å². The maximum Gasteiger partial charge on any atom is 0.259 e. The highest BCUT2D eigenvalue weighted by Gasteiger charge is 2.19. The second-order valence-electron chi connectivity index (χ2n) is 6.86. The quantitative estimate of drug-likeness (QED) is 0.660. The van der Waals surface area contributed by atoms with Gasteiger partial charge in [0.2, 0.25) is 0 Å². The normalized spacial score (nSPS) is 14.6. The molecule has 2 aromatic heterocycles. The molecule has 9 heteroatoms. The molecule has 0 bridgehead atoms. The highest BCUT2D eigenvalue weighted by Crippen LogP contribution is 2.27. The van der Waals surface area contributed by atoms with Crippen molar-refractivity contribution in [3.63, 3.8) is 0 Å². The molecule has 29 heavy (non-hydrogen) atoms. The van der Waals surface area contributed by atoms with Gasteiger partial charge in [0.15, 0.2) is 0 Å². The number of nitrogens with zero attached hydrogens (tertiary/aromatic N) is 3. The van der Waals surface area contributed by atoms with Gasteiger partial charge in [-0.3, -0.25) is 9.69 Å². The predicted octanol–water partition coefficient (Wildman–Crippen LogP) is 2.39. The van der Waals surface area contributed by atoms with Crippen molar-refractivity contribution < 1.29 is 13.7 Å². The van der Waals surface area contributed by atoms with E-state index in [1.54, 1.807) is 25.1 Å². The van der Waals surface area contributed by atoms with Crippen molar-refractivity contribution in [1.29, 1.82) is 0 Å². The Hall–Kier alpha value is -2.55. The summed E-state index contributed by atoms with van der Waals surface area (Å²) in [4.78, 5) is 19.6. The number of benzene rings is 1. The largest absolute Gasteiger partial charge is 0.351 e. The number of rotatable bonds is 5. The molecular formula is C20H23ClFN5O2. The molecule has 1 aliphatic heterocycles. The number of aromatic nitrogens is 2. The Morgan fingerprint density at radius 3 is 2.72 bits per heavy atom. The second kappa shape index (κ2) is 9.30. The molecule has 0 saturated carbocycles.